The molecule has 13 heteroatoms. The number of anilines is 1. The number of terminal acetylenes is 1. The maximum Gasteiger partial charge on any atom is 0.410 e. The number of benzene rings is 2. The van der Waals surface area contributed by atoms with Gasteiger partial charge in [0.2, 0.25) is 17.7 Å². The first kappa shape index (κ1) is 36.7. The summed E-state index contributed by atoms with van der Waals surface area (Å²) < 4.78 is 16.6. The Morgan fingerprint density at radius 1 is 0.959 bits per heavy atom. The summed E-state index contributed by atoms with van der Waals surface area (Å²) >= 11 is 0. The lowest BCUT2D eigenvalue weighted by atomic mass is 9.97. The minimum Gasteiger partial charge on any atom is -0.445 e. The number of hydrogen-bond acceptors (Lipinski definition) is 8. The first-order valence-electron chi connectivity index (χ1n) is 16.3. The van der Waals surface area contributed by atoms with Crippen LogP contribution in [0.2, 0.25) is 0 Å². The molecular formula is C36H45N5O8. The van der Waals surface area contributed by atoms with Crippen molar-refractivity contribution in [2.24, 2.45) is 5.92 Å². The summed E-state index contributed by atoms with van der Waals surface area (Å²) in [5.41, 5.74) is 0.593. The van der Waals surface area contributed by atoms with Crippen molar-refractivity contribution >= 4 is 35.6 Å². The van der Waals surface area contributed by atoms with Gasteiger partial charge in [0.1, 0.15) is 30.9 Å². The molecule has 5 amide bonds. The summed E-state index contributed by atoms with van der Waals surface area (Å²) in [7, 11) is 0. The first-order chi connectivity index (χ1) is 23.3. The third-order valence-corrected chi connectivity index (χ3v) is 8.32. The van der Waals surface area contributed by atoms with Crippen LogP contribution in [0.15, 0.2) is 60.7 Å². The van der Waals surface area contributed by atoms with Gasteiger partial charge >= 0.3 is 12.2 Å². The standard InChI is InChI=1S/C36H45N5O8/c1-7-20-47-24(3)29(39-31(42)23(2)37-34(45)49-36(4,5)6)33(44)40-19-18-28-30(40)27(32(43)38-26-16-12-9-13-17-26)21-41(28)35(46)48-22-25-14-10-8-11-15-25/h1,8-17,23-24,27-30H,18-22H2,2-6H3,(H,37,45)(H,38,43)(H,39,42)/t23-,24+,27-,28+,29?,30+/m0/s1. The Hall–Kier alpha value is -5.09. The lowest BCUT2D eigenvalue weighted by molar-refractivity contribution is -0.142. The molecule has 0 aromatic heterocycles. The molecule has 0 radical (unpaired) electrons. The van der Waals surface area contributed by atoms with Crippen molar-refractivity contribution in [1.29, 1.82) is 0 Å². The Morgan fingerprint density at radius 3 is 2.24 bits per heavy atom. The van der Waals surface area contributed by atoms with Crippen molar-refractivity contribution in [2.45, 2.75) is 83.5 Å². The first-order valence-corrected chi connectivity index (χ1v) is 16.3. The SMILES string of the molecule is C#CCO[C@H](C)C(NC(=O)[C@H](C)NC(=O)OC(C)(C)C)C(=O)N1CC[C@@H]2[C@H]1[C@@H](C(=O)Nc1ccccc1)CN2C(=O)OCc1ccccc1. The van der Waals surface area contributed by atoms with E-state index >= 15 is 0 Å². The van der Waals surface area contributed by atoms with Crippen molar-refractivity contribution < 1.29 is 38.2 Å². The van der Waals surface area contributed by atoms with Crippen LogP contribution in [0.1, 0.15) is 46.6 Å². The number of nitrogens with zero attached hydrogens (tertiary/aromatic N) is 2. The van der Waals surface area contributed by atoms with E-state index in [1.54, 1.807) is 52.0 Å². The molecule has 0 bridgehead atoms. The van der Waals surface area contributed by atoms with Gasteiger partial charge < -0.3 is 40.0 Å². The molecule has 3 N–H and O–H groups in total. The van der Waals surface area contributed by atoms with Gasteiger partial charge in [-0.2, -0.15) is 0 Å². The van der Waals surface area contributed by atoms with Gasteiger partial charge in [0.15, 0.2) is 0 Å². The monoisotopic (exact) mass is 675 g/mol. The van der Waals surface area contributed by atoms with Gasteiger partial charge in [-0.1, -0.05) is 54.5 Å². The molecule has 2 fully saturated rings. The molecule has 0 saturated carbocycles. The Bertz CT molecular complexity index is 1520. The summed E-state index contributed by atoms with van der Waals surface area (Å²) in [6.07, 6.45) is 3.51. The second-order valence-corrected chi connectivity index (χ2v) is 13.1. The highest BCUT2D eigenvalue weighted by Crippen LogP contribution is 2.37. The summed E-state index contributed by atoms with van der Waals surface area (Å²) in [6.45, 7) is 8.28. The van der Waals surface area contributed by atoms with Crippen LogP contribution in [0, 0.1) is 18.3 Å². The average Bonchev–Trinajstić information content (AvgIpc) is 3.66. The molecule has 4 rings (SSSR count). The van der Waals surface area contributed by atoms with Crippen LogP contribution in [0.25, 0.3) is 0 Å². The number of carbonyl (C=O) groups is 5. The third kappa shape index (κ3) is 9.73. The highest BCUT2D eigenvalue weighted by molar-refractivity contribution is 5.96. The zero-order valence-electron chi connectivity index (χ0n) is 28.5. The molecule has 0 spiro atoms. The van der Waals surface area contributed by atoms with Crippen LogP contribution in [0.3, 0.4) is 0 Å². The van der Waals surface area contributed by atoms with Gasteiger partial charge in [-0.05, 0) is 58.7 Å². The number of likely N-dealkylation sites (tertiary alicyclic amines) is 2. The molecule has 2 aromatic rings. The van der Waals surface area contributed by atoms with Gasteiger partial charge in [0, 0.05) is 18.8 Å². The van der Waals surface area contributed by atoms with E-state index in [0.717, 1.165) is 5.56 Å². The molecule has 0 aliphatic carbocycles. The van der Waals surface area contributed by atoms with E-state index < -0.39 is 65.8 Å². The fourth-order valence-electron chi connectivity index (χ4n) is 6.01. The van der Waals surface area contributed by atoms with Crippen molar-refractivity contribution in [3.05, 3.63) is 66.2 Å². The smallest absolute Gasteiger partial charge is 0.410 e. The van der Waals surface area contributed by atoms with Gasteiger partial charge in [-0.15, -0.1) is 6.42 Å². The van der Waals surface area contributed by atoms with E-state index in [1.165, 1.54) is 16.7 Å². The lowest BCUT2D eigenvalue weighted by Gasteiger charge is -2.33. The Morgan fingerprint density at radius 2 is 1.61 bits per heavy atom. The Kier molecular flexibility index (Phi) is 12.3. The molecule has 2 heterocycles. The minimum atomic E-state index is -1.24. The van der Waals surface area contributed by atoms with Crippen molar-refractivity contribution in [2.75, 3.05) is 25.0 Å². The number of para-hydroxylation sites is 1. The number of nitrogens with one attached hydrogen (secondary N) is 3. The van der Waals surface area contributed by atoms with Crippen LogP contribution >= 0.6 is 0 Å². The Balaban J connectivity index is 1.57. The molecule has 2 saturated heterocycles. The van der Waals surface area contributed by atoms with E-state index in [-0.39, 0.29) is 32.2 Å². The van der Waals surface area contributed by atoms with Crippen LogP contribution in [0.4, 0.5) is 15.3 Å². The summed E-state index contributed by atoms with van der Waals surface area (Å²) in [6, 6.07) is 14.6. The van der Waals surface area contributed by atoms with Crippen molar-refractivity contribution in [3.8, 4) is 12.3 Å². The van der Waals surface area contributed by atoms with Gasteiger partial charge in [-0.25, -0.2) is 9.59 Å². The quantitative estimate of drug-likeness (QED) is 0.307. The normalized spacial score (nSPS) is 20.2. The largest absolute Gasteiger partial charge is 0.445 e. The van der Waals surface area contributed by atoms with E-state index in [4.69, 9.17) is 20.6 Å². The average molecular weight is 676 g/mol. The van der Waals surface area contributed by atoms with Gasteiger partial charge in [-0.3, -0.25) is 14.4 Å². The maximum atomic E-state index is 14.4. The molecule has 6 atom stereocenters. The number of hydrogen-bond donors (Lipinski definition) is 3. The molecule has 2 aliphatic heterocycles. The second kappa shape index (κ2) is 16.3. The number of alkyl carbamates (subject to hydrolysis) is 1. The number of carbonyl (C=O) groups excluding carboxylic acids is 5. The van der Waals surface area contributed by atoms with Crippen molar-refractivity contribution in [1.82, 2.24) is 20.4 Å². The molecule has 262 valence electrons. The van der Waals surface area contributed by atoms with E-state index in [9.17, 15) is 24.0 Å². The summed E-state index contributed by atoms with van der Waals surface area (Å²) in [5.74, 6) is 0.00222. The van der Waals surface area contributed by atoms with Gasteiger partial charge in [0.25, 0.3) is 0 Å². The van der Waals surface area contributed by atoms with E-state index in [0.29, 0.717) is 12.1 Å². The van der Waals surface area contributed by atoms with E-state index in [1.807, 2.05) is 36.4 Å². The second-order valence-electron chi connectivity index (χ2n) is 13.1. The predicted molar refractivity (Wildman–Crippen MR) is 181 cm³/mol. The molecule has 49 heavy (non-hydrogen) atoms. The third-order valence-electron chi connectivity index (χ3n) is 8.32. The minimum absolute atomic E-state index is 0.0163. The van der Waals surface area contributed by atoms with Crippen LogP contribution in [-0.2, 0) is 35.2 Å². The Labute approximate surface area is 287 Å². The zero-order valence-corrected chi connectivity index (χ0v) is 28.5. The fraction of sp³-hybridized carbons (Fsp3) is 0.472. The number of rotatable bonds is 11. The highest BCUT2D eigenvalue weighted by Gasteiger charge is 2.55. The zero-order chi connectivity index (χ0) is 35.7. The maximum absolute atomic E-state index is 14.4. The molecule has 2 aromatic carbocycles. The number of fused-ring (bicyclic) bond motifs is 1. The molecule has 1 unspecified atom stereocenters. The summed E-state index contributed by atoms with van der Waals surface area (Å²) in [5, 5.41) is 8.09. The van der Waals surface area contributed by atoms with Crippen LogP contribution < -0.4 is 16.0 Å². The fourth-order valence-corrected chi connectivity index (χ4v) is 6.01. The lowest BCUT2D eigenvalue weighted by Crippen LogP contribution is -2.59. The topological polar surface area (TPSA) is 156 Å². The van der Waals surface area contributed by atoms with Crippen LogP contribution in [0.5, 0.6) is 0 Å². The van der Waals surface area contributed by atoms with E-state index in [2.05, 4.69) is 21.9 Å². The predicted octanol–water partition coefficient (Wildman–Crippen LogP) is 3.30. The van der Waals surface area contributed by atoms with Crippen molar-refractivity contribution in [3.63, 3.8) is 0 Å². The molecular weight excluding hydrogens is 630 g/mol. The molecule has 2 aliphatic rings. The van der Waals surface area contributed by atoms with Gasteiger partial charge in [0.05, 0.1) is 24.1 Å². The number of ether oxygens (including phenoxy) is 3. The highest BCUT2D eigenvalue weighted by atomic mass is 16.6. The summed E-state index contributed by atoms with van der Waals surface area (Å²) in [4.78, 5) is 70.3. The molecule has 13 nitrogen and oxygen atoms in total. The van der Waals surface area contributed by atoms with Crippen LogP contribution in [-0.4, -0.2) is 95.3 Å². The number of amides is 5.